The Morgan fingerprint density at radius 3 is 2.48 bits per heavy atom. The third kappa shape index (κ3) is 3.71. The lowest BCUT2D eigenvalue weighted by Crippen LogP contribution is -2.50. The van der Waals surface area contributed by atoms with Crippen LogP contribution in [0.15, 0.2) is 20.7 Å². The van der Waals surface area contributed by atoms with Gasteiger partial charge in [-0.15, -0.1) is 0 Å². The molecule has 0 spiro atoms. The summed E-state index contributed by atoms with van der Waals surface area (Å²) in [6, 6.07) is 0. The van der Waals surface area contributed by atoms with Crippen molar-refractivity contribution in [2.75, 3.05) is 39.4 Å². The monoisotopic (exact) mass is 400 g/mol. The Hall–Kier alpha value is -1.98. The SMILES string of the molecule is Cn1cc(S(=O)(=O)N2CCCC(C(=O)N3CCOCC3)C2)c(=O)n(C)c1=O. The summed E-state index contributed by atoms with van der Waals surface area (Å²) in [7, 11) is -1.48. The molecular formula is C16H24N4O6S. The van der Waals surface area contributed by atoms with Gasteiger partial charge in [0.25, 0.3) is 5.56 Å². The van der Waals surface area contributed by atoms with Crippen LogP contribution in [-0.4, -0.2) is 72.1 Å². The smallest absolute Gasteiger partial charge is 0.330 e. The lowest BCUT2D eigenvalue weighted by molar-refractivity contribution is -0.140. The predicted octanol–water partition coefficient (Wildman–Crippen LogP) is -1.66. The molecule has 3 heterocycles. The van der Waals surface area contributed by atoms with Crippen molar-refractivity contribution in [1.82, 2.24) is 18.3 Å². The van der Waals surface area contributed by atoms with Crippen LogP contribution in [-0.2, 0) is 33.7 Å². The van der Waals surface area contributed by atoms with E-state index < -0.39 is 32.1 Å². The van der Waals surface area contributed by atoms with E-state index in [1.165, 1.54) is 18.4 Å². The lowest BCUT2D eigenvalue weighted by atomic mass is 9.98. The highest BCUT2D eigenvalue weighted by Gasteiger charge is 2.37. The van der Waals surface area contributed by atoms with Gasteiger partial charge in [-0.3, -0.25) is 14.2 Å². The molecule has 3 rings (SSSR count). The van der Waals surface area contributed by atoms with Gasteiger partial charge in [0.05, 0.1) is 19.1 Å². The van der Waals surface area contributed by atoms with Crippen molar-refractivity contribution in [1.29, 1.82) is 0 Å². The fourth-order valence-electron chi connectivity index (χ4n) is 3.50. The summed E-state index contributed by atoms with van der Waals surface area (Å²) < 4.78 is 34.3. The maximum atomic E-state index is 13.0. The Morgan fingerprint density at radius 1 is 1.15 bits per heavy atom. The van der Waals surface area contributed by atoms with Gasteiger partial charge in [-0.05, 0) is 12.8 Å². The van der Waals surface area contributed by atoms with Crippen LogP contribution in [0.2, 0.25) is 0 Å². The van der Waals surface area contributed by atoms with E-state index in [9.17, 15) is 22.8 Å². The highest BCUT2D eigenvalue weighted by atomic mass is 32.2. The van der Waals surface area contributed by atoms with Gasteiger partial charge in [-0.1, -0.05) is 0 Å². The molecule has 2 aliphatic rings. The average molecular weight is 400 g/mol. The van der Waals surface area contributed by atoms with Crippen molar-refractivity contribution in [2.24, 2.45) is 20.0 Å². The third-order valence-electron chi connectivity index (χ3n) is 5.09. The van der Waals surface area contributed by atoms with Crippen molar-refractivity contribution in [3.05, 3.63) is 27.0 Å². The van der Waals surface area contributed by atoms with Gasteiger partial charge in [-0.25, -0.2) is 13.2 Å². The molecule has 1 amide bonds. The van der Waals surface area contributed by atoms with Crippen molar-refractivity contribution in [3.8, 4) is 0 Å². The molecule has 0 saturated carbocycles. The van der Waals surface area contributed by atoms with Gasteiger partial charge in [0, 0.05) is 46.5 Å². The van der Waals surface area contributed by atoms with Crippen molar-refractivity contribution in [3.63, 3.8) is 0 Å². The minimum Gasteiger partial charge on any atom is -0.378 e. The normalized spacial score (nSPS) is 22.0. The van der Waals surface area contributed by atoms with Crippen LogP contribution in [0.4, 0.5) is 0 Å². The number of rotatable bonds is 3. The standard InChI is InChI=1S/C16H24N4O6S/c1-17-11-13(15(22)18(2)16(17)23)27(24,25)20-5-3-4-12(10-20)14(21)19-6-8-26-9-7-19/h11-12H,3-10H2,1-2H3. The zero-order valence-corrected chi connectivity index (χ0v) is 16.3. The highest BCUT2D eigenvalue weighted by Crippen LogP contribution is 2.24. The molecule has 0 N–H and O–H groups in total. The third-order valence-corrected chi connectivity index (χ3v) is 6.94. The molecule has 2 saturated heterocycles. The van der Waals surface area contributed by atoms with Gasteiger partial charge in [0.1, 0.15) is 0 Å². The second-order valence-electron chi connectivity index (χ2n) is 6.89. The van der Waals surface area contributed by atoms with E-state index in [1.807, 2.05) is 0 Å². The summed E-state index contributed by atoms with van der Waals surface area (Å²) in [6.45, 7) is 2.24. The molecule has 1 atom stereocenters. The molecule has 27 heavy (non-hydrogen) atoms. The molecule has 10 nitrogen and oxygen atoms in total. The molecule has 0 radical (unpaired) electrons. The first-order chi connectivity index (χ1) is 12.7. The van der Waals surface area contributed by atoms with Crippen LogP contribution >= 0.6 is 0 Å². The Kier molecular flexibility index (Phi) is 5.54. The molecule has 1 aromatic heterocycles. The first-order valence-electron chi connectivity index (χ1n) is 8.87. The van der Waals surface area contributed by atoms with Gasteiger partial charge in [-0.2, -0.15) is 4.31 Å². The molecular weight excluding hydrogens is 376 g/mol. The molecule has 150 valence electrons. The topological polar surface area (TPSA) is 111 Å². The second kappa shape index (κ2) is 7.56. The zero-order valence-electron chi connectivity index (χ0n) is 15.5. The Labute approximate surface area is 157 Å². The summed E-state index contributed by atoms with van der Waals surface area (Å²) in [6.07, 6.45) is 2.19. The Bertz CT molecular complexity index is 945. The van der Waals surface area contributed by atoms with Crippen LogP contribution < -0.4 is 11.2 Å². The highest BCUT2D eigenvalue weighted by molar-refractivity contribution is 7.89. The quantitative estimate of drug-likeness (QED) is 0.601. The summed E-state index contributed by atoms with van der Waals surface area (Å²) in [5.41, 5.74) is -1.46. The summed E-state index contributed by atoms with van der Waals surface area (Å²) in [5, 5.41) is 0. The van der Waals surface area contributed by atoms with Gasteiger partial charge < -0.3 is 14.2 Å². The van der Waals surface area contributed by atoms with Gasteiger partial charge in [0.2, 0.25) is 15.9 Å². The van der Waals surface area contributed by atoms with Crippen molar-refractivity contribution >= 4 is 15.9 Å². The minimum atomic E-state index is -4.11. The molecule has 0 aromatic carbocycles. The van der Waals surface area contributed by atoms with Crippen LogP contribution in [0, 0.1) is 5.92 Å². The lowest BCUT2D eigenvalue weighted by Gasteiger charge is -2.35. The first kappa shape index (κ1) is 19.8. The number of hydrogen-bond donors (Lipinski definition) is 0. The maximum absolute atomic E-state index is 13.0. The number of piperidine rings is 1. The van der Waals surface area contributed by atoms with E-state index in [1.54, 1.807) is 4.90 Å². The Morgan fingerprint density at radius 2 is 1.81 bits per heavy atom. The van der Waals surface area contributed by atoms with E-state index >= 15 is 0 Å². The number of ether oxygens (including phenoxy) is 1. The summed E-state index contributed by atoms with van der Waals surface area (Å²) in [5.74, 6) is -0.519. The van der Waals surface area contributed by atoms with Crippen LogP contribution in [0.1, 0.15) is 12.8 Å². The first-order valence-corrected chi connectivity index (χ1v) is 10.3. The number of aromatic nitrogens is 2. The number of nitrogens with zero attached hydrogens (tertiary/aromatic N) is 4. The fraction of sp³-hybridized carbons (Fsp3) is 0.688. The van der Waals surface area contributed by atoms with Crippen LogP contribution in [0.25, 0.3) is 0 Å². The number of aryl methyl sites for hydroxylation is 1. The average Bonchev–Trinajstić information content (AvgIpc) is 2.69. The minimum absolute atomic E-state index is 0.0323. The molecule has 2 fully saturated rings. The number of hydrogen-bond acceptors (Lipinski definition) is 6. The van der Waals surface area contributed by atoms with E-state index in [0.29, 0.717) is 39.1 Å². The predicted molar refractivity (Wildman–Crippen MR) is 95.8 cm³/mol. The molecule has 11 heteroatoms. The molecule has 2 aliphatic heterocycles. The number of sulfonamides is 1. The van der Waals surface area contributed by atoms with E-state index in [2.05, 4.69) is 0 Å². The number of carbonyl (C=O) groups excluding carboxylic acids is 1. The summed E-state index contributed by atoms with van der Waals surface area (Å²) >= 11 is 0. The van der Waals surface area contributed by atoms with Crippen LogP contribution in [0.5, 0.6) is 0 Å². The second-order valence-corrected chi connectivity index (χ2v) is 8.80. The zero-order chi connectivity index (χ0) is 19.8. The molecule has 0 bridgehead atoms. The van der Waals surface area contributed by atoms with E-state index in [-0.39, 0.29) is 19.0 Å². The van der Waals surface area contributed by atoms with Crippen molar-refractivity contribution in [2.45, 2.75) is 17.7 Å². The molecule has 0 aliphatic carbocycles. The van der Waals surface area contributed by atoms with E-state index in [4.69, 9.17) is 4.74 Å². The maximum Gasteiger partial charge on any atom is 0.330 e. The fourth-order valence-corrected chi connectivity index (χ4v) is 5.17. The van der Waals surface area contributed by atoms with Gasteiger partial charge >= 0.3 is 5.69 Å². The van der Waals surface area contributed by atoms with Crippen molar-refractivity contribution < 1.29 is 17.9 Å². The largest absolute Gasteiger partial charge is 0.378 e. The van der Waals surface area contributed by atoms with Crippen LogP contribution in [0.3, 0.4) is 0 Å². The van der Waals surface area contributed by atoms with E-state index in [0.717, 1.165) is 15.3 Å². The molecule has 1 aromatic rings. The number of amides is 1. The summed E-state index contributed by atoms with van der Waals surface area (Å²) in [4.78, 5) is 38.1. The Balaban J connectivity index is 1.86. The van der Waals surface area contributed by atoms with Gasteiger partial charge in [0.15, 0.2) is 4.90 Å². The molecule has 1 unspecified atom stereocenters. The number of carbonyl (C=O) groups is 1. The number of morpholine rings is 1.